The SMILES string of the molecule is CC1(C)C/C(=N\N=C(N)N)c2c([nH]c3ccc(Cl)cc23)C1. The monoisotopic (exact) mass is 303 g/mol. The second-order valence-corrected chi connectivity index (χ2v) is 6.69. The highest BCUT2D eigenvalue weighted by Gasteiger charge is 2.32. The smallest absolute Gasteiger partial charge is 0.211 e. The normalized spacial score (nSPS) is 18.7. The van der Waals surface area contributed by atoms with Crippen LogP contribution >= 0.6 is 11.6 Å². The van der Waals surface area contributed by atoms with Gasteiger partial charge < -0.3 is 16.5 Å². The van der Waals surface area contributed by atoms with E-state index in [9.17, 15) is 0 Å². The average Bonchev–Trinajstić information content (AvgIpc) is 2.71. The van der Waals surface area contributed by atoms with Crippen molar-refractivity contribution in [1.29, 1.82) is 0 Å². The highest BCUT2D eigenvalue weighted by Crippen LogP contribution is 2.39. The molecule has 0 saturated heterocycles. The van der Waals surface area contributed by atoms with E-state index in [1.54, 1.807) is 0 Å². The third kappa shape index (κ3) is 2.61. The van der Waals surface area contributed by atoms with E-state index < -0.39 is 0 Å². The molecule has 2 aromatic rings. The second kappa shape index (κ2) is 4.77. The maximum Gasteiger partial charge on any atom is 0.211 e. The Balaban J connectivity index is 2.26. The van der Waals surface area contributed by atoms with Crippen LogP contribution in [-0.4, -0.2) is 16.7 Å². The molecule has 0 atom stereocenters. The number of H-pyrrole nitrogens is 1. The Hall–Kier alpha value is -2.01. The molecule has 0 aliphatic heterocycles. The minimum Gasteiger partial charge on any atom is -0.369 e. The van der Waals surface area contributed by atoms with Gasteiger partial charge in [-0.15, -0.1) is 5.10 Å². The van der Waals surface area contributed by atoms with E-state index >= 15 is 0 Å². The molecule has 0 unspecified atom stereocenters. The first-order valence-corrected chi connectivity index (χ1v) is 7.19. The lowest BCUT2D eigenvalue weighted by Gasteiger charge is -2.30. The number of halogens is 1. The predicted octanol–water partition coefficient (Wildman–Crippen LogP) is 2.77. The van der Waals surface area contributed by atoms with Gasteiger partial charge in [0.15, 0.2) is 0 Å². The molecule has 1 aliphatic carbocycles. The fourth-order valence-corrected chi connectivity index (χ4v) is 3.14. The van der Waals surface area contributed by atoms with E-state index in [1.807, 2.05) is 18.2 Å². The lowest BCUT2D eigenvalue weighted by molar-refractivity contribution is 0.369. The largest absolute Gasteiger partial charge is 0.369 e. The molecule has 3 rings (SSSR count). The number of fused-ring (bicyclic) bond motifs is 3. The molecule has 1 aliphatic rings. The van der Waals surface area contributed by atoms with Crippen LogP contribution in [0.2, 0.25) is 5.02 Å². The van der Waals surface area contributed by atoms with Crippen molar-refractivity contribution in [3.05, 3.63) is 34.5 Å². The van der Waals surface area contributed by atoms with Gasteiger partial charge in [-0.25, -0.2) is 0 Å². The van der Waals surface area contributed by atoms with Gasteiger partial charge in [-0.1, -0.05) is 25.4 Å². The first kappa shape index (κ1) is 13.9. The number of hydrogen-bond donors (Lipinski definition) is 3. The van der Waals surface area contributed by atoms with Gasteiger partial charge in [-0.05, 0) is 36.5 Å². The van der Waals surface area contributed by atoms with E-state index in [0.717, 1.165) is 40.7 Å². The highest BCUT2D eigenvalue weighted by atomic mass is 35.5. The second-order valence-electron chi connectivity index (χ2n) is 6.26. The number of benzene rings is 1. The Morgan fingerprint density at radius 3 is 2.76 bits per heavy atom. The number of rotatable bonds is 1. The molecule has 5 N–H and O–H groups in total. The van der Waals surface area contributed by atoms with Crippen LogP contribution in [0.1, 0.15) is 31.5 Å². The van der Waals surface area contributed by atoms with Crippen LogP contribution in [0.5, 0.6) is 0 Å². The molecule has 110 valence electrons. The van der Waals surface area contributed by atoms with Gasteiger partial charge in [-0.3, -0.25) is 0 Å². The van der Waals surface area contributed by atoms with E-state index in [-0.39, 0.29) is 11.4 Å². The maximum absolute atomic E-state index is 6.13. The van der Waals surface area contributed by atoms with Gasteiger partial charge >= 0.3 is 0 Å². The Morgan fingerprint density at radius 1 is 1.29 bits per heavy atom. The number of aromatic nitrogens is 1. The minimum atomic E-state index is -0.0368. The summed E-state index contributed by atoms with van der Waals surface area (Å²) >= 11 is 6.13. The Morgan fingerprint density at radius 2 is 2.05 bits per heavy atom. The molecular weight excluding hydrogens is 286 g/mol. The molecule has 0 spiro atoms. The summed E-state index contributed by atoms with van der Waals surface area (Å²) in [5.74, 6) is -0.0368. The zero-order chi connectivity index (χ0) is 15.2. The number of guanidine groups is 1. The van der Waals surface area contributed by atoms with Crippen LogP contribution in [0.4, 0.5) is 0 Å². The summed E-state index contributed by atoms with van der Waals surface area (Å²) in [7, 11) is 0. The van der Waals surface area contributed by atoms with Gasteiger partial charge in [0.05, 0.1) is 5.71 Å². The highest BCUT2D eigenvalue weighted by molar-refractivity contribution is 6.31. The molecule has 21 heavy (non-hydrogen) atoms. The van der Waals surface area contributed by atoms with Crippen molar-refractivity contribution in [2.45, 2.75) is 26.7 Å². The fourth-order valence-electron chi connectivity index (χ4n) is 2.97. The summed E-state index contributed by atoms with van der Waals surface area (Å²) in [6.07, 6.45) is 1.77. The van der Waals surface area contributed by atoms with Gasteiger partial charge in [0, 0.05) is 27.2 Å². The van der Waals surface area contributed by atoms with Crippen molar-refractivity contribution in [2.75, 3.05) is 0 Å². The third-order valence-electron chi connectivity index (χ3n) is 3.71. The van der Waals surface area contributed by atoms with Crippen molar-refractivity contribution in [2.24, 2.45) is 27.1 Å². The molecule has 0 saturated carbocycles. The summed E-state index contributed by atoms with van der Waals surface area (Å²) in [6.45, 7) is 4.42. The first-order chi connectivity index (χ1) is 9.85. The third-order valence-corrected chi connectivity index (χ3v) is 3.95. The number of nitrogens with two attached hydrogens (primary N) is 2. The predicted molar refractivity (Wildman–Crippen MR) is 87.8 cm³/mol. The van der Waals surface area contributed by atoms with Gasteiger partial charge in [-0.2, -0.15) is 5.10 Å². The molecule has 6 heteroatoms. The standard InChI is InChI=1S/C15H18ClN5/c1-15(2)6-11-13(12(7-15)20-21-14(17)18)9-5-8(16)3-4-10(9)19-11/h3-5,19H,6-7H2,1-2H3,(H4,17,18,21)/b20-12+. The fraction of sp³-hybridized carbons (Fsp3) is 0.333. The molecule has 1 aromatic carbocycles. The maximum atomic E-state index is 6.13. The molecule has 5 nitrogen and oxygen atoms in total. The molecule has 1 aromatic heterocycles. The molecule has 0 radical (unpaired) electrons. The van der Waals surface area contributed by atoms with Crippen LogP contribution in [0.15, 0.2) is 28.4 Å². The minimum absolute atomic E-state index is 0.0368. The zero-order valence-corrected chi connectivity index (χ0v) is 12.8. The van der Waals surface area contributed by atoms with E-state index in [2.05, 4.69) is 29.0 Å². The molecule has 1 heterocycles. The van der Waals surface area contributed by atoms with Crippen molar-refractivity contribution in [3.63, 3.8) is 0 Å². The van der Waals surface area contributed by atoms with E-state index in [0.29, 0.717) is 5.02 Å². The summed E-state index contributed by atoms with van der Waals surface area (Å²) in [5.41, 5.74) is 15.1. The quantitative estimate of drug-likeness (QED) is 0.429. The van der Waals surface area contributed by atoms with Crippen LogP contribution in [0, 0.1) is 5.41 Å². The Bertz CT molecular complexity index is 766. The number of aromatic amines is 1. The number of nitrogens with one attached hydrogen (secondary N) is 1. The van der Waals surface area contributed by atoms with Crippen LogP contribution < -0.4 is 11.5 Å². The molecule has 0 bridgehead atoms. The molecule has 0 fully saturated rings. The summed E-state index contributed by atoms with van der Waals surface area (Å²) in [4.78, 5) is 3.47. The van der Waals surface area contributed by atoms with Crippen molar-refractivity contribution in [3.8, 4) is 0 Å². The van der Waals surface area contributed by atoms with Crippen molar-refractivity contribution in [1.82, 2.24) is 4.98 Å². The molecule has 0 amide bonds. The van der Waals surface area contributed by atoms with Gasteiger partial charge in [0.1, 0.15) is 0 Å². The number of hydrogen-bond acceptors (Lipinski definition) is 2. The Labute approximate surface area is 128 Å². The topological polar surface area (TPSA) is 92.5 Å². The molecular formula is C15H18ClN5. The lowest BCUT2D eigenvalue weighted by atomic mass is 9.75. The van der Waals surface area contributed by atoms with Crippen LogP contribution in [0.3, 0.4) is 0 Å². The average molecular weight is 304 g/mol. The zero-order valence-electron chi connectivity index (χ0n) is 12.1. The van der Waals surface area contributed by atoms with E-state index in [1.165, 1.54) is 0 Å². The van der Waals surface area contributed by atoms with Gasteiger partial charge in [0.25, 0.3) is 0 Å². The summed E-state index contributed by atoms with van der Waals surface area (Å²) in [6, 6.07) is 5.82. The Kier molecular flexibility index (Phi) is 3.17. The van der Waals surface area contributed by atoms with Crippen LogP contribution in [-0.2, 0) is 6.42 Å². The lowest BCUT2D eigenvalue weighted by Crippen LogP contribution is -2.27. The summed E-state index contributed by atoms with van der Waals surface area (Å²) in [5, 5.41) is 9.87. The van der Waals surface area contributed by atoms with Crippen molar-refractivity contribution < 1.29 is 0 Å². The van der Waals surface area contributed by atoms with E-state index in [4.69, 9.17) is 23.1 Å². The van der Waals surface area contributed by atoms with Gasteiger partial charge in [0.2, 0.25) is 5.96 Å². The summed E-state index contributed by atoms with van der Waals surface area (Å²) < 4.78 is 0. The van der Waals surface area contributed by atoms with Crippen molar-refractivity contribution >= 4 is 34.2 Å². The van der Waals surface area contributed by atoms with Crippen LogP contribution in [0.25, 0.3) is 10.9 Å². The first-order valence-electron chi connectivity index (χ1n) is 6.82. The number of nitrogens with zero attached hydrogens (tertiary/aromatic N) is 2.